The van der Waals surface area contributed by atoms with Gasteiger partial charge in [-0.3, -0.25) is 15.1 Å². The van der Waals surface area contributed by atoms with Crippen molar-refractivity contribution >= 4 is 21.6 Å². The van der Waals surface area contributed by atoms with Crippen LogP contribution in [0.5, 0.6) is 0 Å². The molecule has 0 saturated carbocycles. The van der Waals surface area contributed by atoms with Crippen molar-refractivity contribution in [2.75, 3.05) is 0 Å². The molecule has 0 aliphatic rings. The van der Waals surface area contributed by atoms with Crippen molar-refractivity contribution in [2.24, 2.45) is 0 Å². The van der Waals surface area contributed by atoms with E-state index >= 15 is 0 Å². The third-order valence-corrected chi connectivity index (χ3v) is 2.02. The van der Waals surface area contributed by atoms with Crippen molar-refractivity contribution in [3.8, 4) is 0 Å². The standard InChI is InChI=1S/C6H5BrN2O2/c1-4-6(7)2-5(3-8-4)9(10)11/h2-3H,1H3. The van der Waals surface area contributed by atoms with Gasteiger partial charge in [0.25, 0.3) is 5.69 Å². The summed E-state index contributed by atoms with van der Waals surface area (Å²) in [5.41, 5.74) is 0.748. The third kappa shape index (κ3) is 1.74. The molecule has 0 bridgehead atoms. The van der Waals surface area contributed by atoms with E-state index in [1.165, 1.54) is 12.3 Å². The van der Waals surface area contributed by atoms with Gasteiger partial charge in [-0.2, -0.15) is 0 Å². The van der Waals surface area contributed by atoms with Crippen molar-refractivity contribution in [1.29, 1.82) is 0 Å². The first-order valence-electron chi connectivity index (χ1n) is 2.88. The number of aromatic nitrogens is 1. The van der Waals surface area contributed by atoms with Crippen molar-refractivity contribution in [3.63, 3.8) is 0 Å². The molecule has 0 spiro atoms. The van der Waals surface area contributed by atoms with E-state index in [1.54, 1.807) is 6.92 Å². The quantitative estimate of drug-likeness (QED) is 0.534. The molecular formula is C6H5BrN2O2. The zero-order valence-electron chi connectivity index (χ0n) is 5.74. The van der Waals surface area contributed by atoms with Crippen molar-refractivity contribution in [3.05, 3.63) is 32.5 Å². The minimum absolute atomic E-state index is 0.00229. The number of hydrogen-bond acceptors (Lipinski definition) is 3. The van der Waals surface area contributed by atoms with Crippen LogP contribution >= 0.6 is 15.9 Å². The first kappa shape index (κ1) is 8.13. The lowest BCUT2D eigenvalue weighted by Gasteiger charge is -1.94. The molecule has 1 heterocycles. The van der Waals surface area contributed by atoms with E-state index in [-0.39, 0.29) is 5.69 Å². The number of rotatable bonds is 1. The molecule has 0 aliphatic heterocycles. The van der Waals surface area contributed by atoms with E-state index in [0.717, 1.165) is 5.69 Å². The highest BCUT2D eigenvalue weighted by Gasteiger charge is 2.06. The van der Waals surface area contributed by atoms with Gasteiger partial charge in [-0.25, -0.2) is 0 Å². The summed E-state index contributed by atoms with van der Waals surface area (Å²) in [5.74, 6) is 0. The molecule has 5 heteroatoms. The molecule has 58 valence electrons. The Labute approximate surface area is 71.5 Å². The van der Waals surface area contributed by atoms with Crippen LogP contribution in [0.25, 0.3) is 0 Å². The van der Waals surface area contributed by atoms with Crippen molar-refractivity contribution < 1.29 is 4.92 Å². The summed E-state index contributed by atoms with van der Waals surface area (Å²) in [6.07, 6.45) is 1.24. The van der Waals surface area contributed by atoms with Crippen molar-refractivity contribution in [2.45, 2.75) is 6.92 Å². The largest absolute Gasteiger partial charge is 0.288 e. The maximum atomic E-state index is 10.2. The highest BCUT2D eigenvalue weighted by Crippen LogP contribution is 2.19. The second kappa shape index (κ2) is 2.96. The number of nitro groups is 1. The van der Waals surface area contributed by atoms with Crippen LogP contribution in [-0.4, -0.2) is 9.91 Å². The van der Waals surface area contributed by atoms with E-state index in [0.29, 0.717) is 4.47 Å². The number of pyridine rings is 1. The summed E-state index contributed by atoms with van der Waals surface area (Å²) in [6, 6.07) is 1.43. The Kier molecular flexibility index (Phi) is 2.19. The molecular weight excluding hydrogens is 212 g/mol. The maximum absolute atomic E-state index is 10.2. The van der Waals surface area contributed by atoms with Crippen LogP contribution in [0, 0.1) is 17.0 Å². The van der Waals surface area contributed by atoms with Gasteiger partial charge in [0.05, 0.1) is 10.6 Å². The van der Waals surface area contributed by atoms with Crippen LogP contribution in [0.2, 0.25) is 0 Å². The number of hydrogen-bond donors (Lipinski definition) is 0. The van der Waals surface area contributed by atoms with Crippen LogP contribution < -0.4 is 0 Å². The van der Waals surface area contributed by atoms with Crippen molar-refractivity contribution in [1.82, 2.24) is 4.98 Å². The number of nitrogens with zero attached hydrogens (tertiary/aromatic N) is 2. The van der Waals surface area contributed by atoms with E-state index < -0.39 is 4.92 Å². The summed E-state index contributed by atoms with van der Waals surface area (Å²) < 4.78 is 0.659. The van der Waals surface area contributed by atoms with Gasteiger partial charge in [-0.15, -0.1) is 0 Å². The van der Waals surface area contributed by atoms with Gasteiger partial charge in [-0.05, 0) is 22.9 Å². The summed E-state index contributed by atoms with van der Waals surface area (Å²) in [4.78, 5) is 13.5. The monoisotopic (exact) mass is 216 g/mol. The minimum Gasteiger partial charge on any atom is -0.258 e. The SMILES string of the molecule is Cc1ncc([N+](=O)[O-])cc1Br. The van der Waals surface area contributed by atoms with Gasteiger partial charge in [0.2, 0.25) is 0 Å². The zero-order chi connectivity index (χ0) is 8.43. The summed E-state index contributed by atoms with van der Waals surface area (Å²) in [6.45, 7) is 1.77. The van der Waals surface area contributed by atoms with E-state index in [4.69, 9.17) is 0 Å². The Balaban J connectivity index is 3.15. The number of aryl methyl sites for hydroxylation is 1. The number of halogens is 1. The maximum Gasteiger partial charge on any atom is 0.288 e. The smallest absolute Gasteiger partial charge is 0.258 e. The molecule has 0 radical (unpaired) electrons. The molecule has 0 aliphatic carbocycles. The molecule has 0 N–H and O–H groups in total. The van der Waals surface area contributed by atoms with Gasteiger partial charge in [0.1, 0.15) is 6.20 Å². The highest BCUT2D eigenvalue weighted by molar-refractivity contribution is 9.10. The van der Waals surface area contributed by atoms with Crippen LogP contribution in [0.3, 0.4) is 0 Å². The fraction of sp³-hybridized carbons (Fsp3) is 0.167. The molecule has 0 saturated heterocycles. The molecule has 0 atom stereocenters. The van der Waals surface area contributed by atoms with Crippen LogP contribution in [0.1, 0.15) is 5.69 Å². The molecule has 11 heavy (non-hydrogen) atoms. The first-order valence-corrected chi connectivity index (χ1v) is 3.67. The first-order chi connectivity index (χ1) is 5.11. The third-order valence-electron chi connectivity index (χ3n) is 1.22. The molecule has 4 nitrogen and oxygen atoms in total. The topological polar surface area (TPSA) is 56.0 Å². The predicted octanol–water partition coefficient (Wildman–Crippen LogP) is 2.06. The molecule has 1 aromatic heterocycles. The lowest BCUT2D eigenvalue weighted by molar-refractivity contribution is -0.385. The van der Waals surface area contributed by atoms with E-state index in [9.17, 15) is 10.1 Å². The molecule has 1 aromatic rings. The molecule has 1 rings (SSSR count). The van der Waals surface area contributed by atoms with Gasteiger partial charge < -0.3 is 0 Å². The Hall–Kier alpha value is -0.970. The van der Waals surface area contributed by atoms with Gasteiger partial charge in [0.15, 0.2) is 0 Å². The normalized spacial score (nSPS) is 9.64. The lowest BCUT2D eigenvalue weighted by atomic mass is 10.3. The summed E-state index contributed by atoms with van der Waals surface area (Å²) in [5, 5.41) is 10.2. The van der Waals surface area contributed by atoms with E-state index in [2.05, 4.69) is 20.9 Å². The minimum atomic E-state index is -0.475. The predicted molar refractivity (Wildman–Crippen MR) is 43.3 cm³/mol. The van der Waals surface area contributed by atoms with Crippen LogP contribution in [0.4, 0.5) is 5.69 Å². The zero-order valence-corrected chi connectivity index (χ0v) is 7.33. The van der Waals surface area contributed by atoms with Gasteiger partial charge in [0, 0.05) is 10.5 Å². The van der Waals surface area contributed by atoms with Crippen LogP contribution in [0.15, 0.2) is 16.7 Å². The summed E-state index contributed by atoms with van der Waals surface area (Å²) in [7, 11) is 0. The van der Waals surface area contributed by atoms with Gasteiger partial charge in [-0.1, -0.05) is 0 Å². The lowest BCUT2D eigenvalue weighted by Crippen LogP contribution is -1.90. The molecule has 0 amide bonds. The van der Waals surface area contributed by atoms with Gasteiger partial charge >= 0.3 is 0 Å². The fourth-order valence-electron chi connectivity index (χ4n) is 0.596. The Morgan fingerprint density at radius 1 is 1.73 bits per heavy atom. The molecule has 0 fully saturated rings. The summed E-state index contributed by atoms with van der Waals surface area (Å²) >= 11 is 3.15. The van der Waals surface area contributed by atoms with Crippen LogP contribution in [-0.2, 0) is 0 Å². The Bertz CT molecular complexity index is 301. The van der Waals surface area contributed by atoms with E-state index in [1.807, 2.05) is 0 Å². The molecule has 0 unspecified atom stereocenters. The average molecular weight is 217 g/mol. The Morgan fingerprint density at radius 3 is 2.82 bits per heavy atom. The average Bonchev–Trinajstić information content (AvgIpc) is 1.94. The highest BCUT2D eigenvalue weighted by atomic mass is 79.9. The second-order valence-corrected chi connectivity index (χ2v) is 2.87. The Morgan fingerprint density at radius 2 is 2.36 bits per heavy atom. The molecule has 0 aromatic carbocycles. The second-order valence-electron chi connectivity index (χ2n) is 2.02. The fourth-order valence-corrected chi connectivity index (χ4v) is 0.933.